The molecule has 0 aliphatic carbocycles. The average molecular weight is 458 g/mol. The Morgan fingerprint density at radius 1 is 0.879 bits per heavy atom. The Bertz CT molecular complexity index is 1370. The molecule has 6 nitrogen and oxygen atoms in total. The Balaban J connectivity index is 1.58. The standard InChI is InChI=1S/C26H23N3O3S/c30-26(23-12-7-13-24-25(23)28-18-17-27-24)29-21(15-14-20-8-3-1-4-9-20)16-19-33(31,32)22-10-5-2-6-11-22/h1-13,16-19,21H,14-15H2,(H,29,30)/b19-16+/t21-/m0/s1. The van der Waals surface area contributed by atoms with Crippen molar-refractivity contribution in [1.29, 1.82) is 0 Å². The molecule has 33 heavy (non-hydrogen) atoms. The van der Waals surface area contributed by atoms with Crippen LogP contribution in [0.4, 0.5) is 0 Å². The molecule has 1 atom stereocenters. The number of amides is 1. The fraction of sp³-hybridized carbons (Fsp3) is 0.115. The van der Waals surface area contributed by atoms with Crippen molar-refractivity contribution in [3.8, 4) is 0 Å². The van der Waals surface area contributed by atoms with E-state index < -0.39 is 15.9 Å². The van der Waals surface area contributed by atoms with Gasteiger partial charge in [0.05, 0.1) is 16.0 Å². The summed E-state index contributed by atoms with van der Waals surface area (Å²) in [6.45, 7) is 0. The zero-order valence-electron chi connectivity index (χ0n) is 17.8. The second kappa shape index (κ2) is 10.2. The normalized spacial score (nSPS) is 12.6. The van der Waals surface area contributed by atoms with E-state index in [9.17, 15) is 13.2 Å². The summed E-state index contributed by atoms with van der Waals surface area (Å²) in [6, 6.07) is 22.8. The Morgan fingerprint density at radius 2 is 1.58 bits per heavy atom. The number of hydrogen-bond acceptors (Lipinski definition) is 5. The van der Waals surface area contributed by atoms with Gasteiger partial charge >= 0.3 is 0 Å². The number of benzene rings is 3. The topological polar surface area (TPSA) is 89.0 Å². The summed E-state index contributed by atoms with van der Waals surface area (Å²) in [6.07, 6.45) is 5.87. The number of rotatable bonds is 8. The maximum absolute atomic E-state index is 13.1. The summed E-state index contributed by atoms with van der Waals surface area (Å²) < 4.78 is 25.4. The van der Waals surface area contributed by atoms with Gasteiger partial charge in [-0.05, 0) is 42.7 Å². The molecule has 0 unspecified atom stereocenters. The van der Waals surface area contributed by atoms with Crippen LogP contribution in [0.15, 0.2) is 108 Å². The van der Waals surface area contributed by atoms with Gasteiger partial charge < -0.3 is 5.32 Å². The molecule has 1 aromatic heterocycles. The highest BCUT2D eigenvalue weighted by Crippen LogP contribution is 2.16. The van der Waals surface area contributed by atoms with Crippen LogP contribution in [0.1, 0.15) is 22.3 Å². The zero-order chi connectivity index (χ0) is 23.1. The highest BCUT2D eigenvalue weighted by molar-refractivity contribution is 7.94. The molecule has 1 amide bonds. The van der Waals surface area contributed by atoms with Crippen LogP contribution in [0.25, 0.3) is 11.0 Å². The van der Waals surface area contributed by atoms with Crippen molar-refractivity contribution in [2.75, 3.05) is 0 Å². The van der Waals surface area contributed by atoms with Gasteiger partial charge in [-0.15, -0.1) is 0 Å². The number of carbonyl (C=O) groups excluding carboxylic acids is 1. The van der Waals surface area contributed by atoms with Gasteiger partial charge in [0, 0.05) is 23.8 Å². The van der Waals surface area contributed by atoms with E-state index in [4.69, 9.17) is 0 Å². The van der Waals surface area contributed by atoms with Crippen LogP contribution < -0.4 is 5.32 Å². The van der Waals surface area contributed by atoms with Crippen molar-refractivity contribution in [2.45, 2.75) is 23.8 Å². The fourth-order valence-corrected chi connectivity index (χ4v) is 4.58. The van der Waals surface area contributed by atoms with Crippen LogP contribution in [0, 0.1) is 0 Å². The lowest BCUT2D eigenvalue weighted by Gasteiger charge is -2.16. The predicted molar refractivity (Wildman–Crippen MR) is 128 cm³/mol. The maximum Gasteiger partial charge on any atom is 0.254 e. The Labute approximate surface area is 193 Å². The predicted octanol–water partition coefficient (Wildman–Crippen LogP) is 4.35. The van der Waals surface area contributed by atoms with Gasteiger partial charge in [0.1, 0.15) is 5.52 Å². The SMILES string of the molecule is O=C(N[C@H](/C=C/S(=O)(=O)c1ccccc1)CCc1ccccc1)c1cccc2nccnc12. The van der Waals surface area contributed by atoms with Gasteiger partial charge in [-0.1, -0.05) is 60.7 Å². The smallest absolute Gasteiger partial charge is 0.254 e. The summed E-state index contributed by atoms with van der Waals surface area (Å²) in [5.74, 6) is -0.332. The number of sulfone groups is 1. The van der Waals surface area contributed by atoms with Gasteiger partial charge in [-0.2, -0.15) is 0 Å². The fourth-order valence-electron chi connectivity index (χ4n) is 3.49. The Morgan fingerprint density at radius 3 is 2.33 bits per heavy atom. The van der Waals surface area contributed by atoms with E-state index in [2.05, 4.69) is 15.3 Å². The minimum atomic E-state index is -3.63. The van der Waals surface area contributed by atoms with Crippen LogP contribution in [-0.4, -0.2) is 30.3 Å². The highest BCUT2D eigenvalue weighted by Gasteiger charge is 2.17. The van der Waals surface area contributed by atoms with Crippen LogP contribution >= 0.6 is 0 Å². The second-order valence-corrected chi connectivity index (χ2v) is 9.35. The van der Waals surface area contributed by atoms with Crippen molar-refractivity contribution in [2.24, 2.45) is 0 Å². The van der Waals surface area contributed by atoms with Gasteiger partial charge in [0.15, 0.2) is 9.84 Å². The minimum absolute atomic E-state index is 0.207. The summed E-state index contributed by atoms with van der Waals surface area (Å²) in [5, 5.41) is 4.13. The van der Waals surface area contributed by atoms with Crippen LogP contribution in [-0.2, 0) is 16.3 Å². The van der Waals surface area contributed by atoms with E-state index in [-0.39, 0.29) is 10.8 Å². The number of aryl methyl sites for hydroxylation is 1. The number of fused-ring (bicyclic) bond motifs is 1. The quantitative estimate of drug-likeness (QED) is 0.425. The molecule has 0 saturated carbocycles. The summed E-state index contributed by atoms with van der Waals surface area (Å²) in [4.78, 5) is 21.9. The van der Waals surface area contributed by atoms with Gasteiger partial charge in [-0.3, -0.25) is 14.8 Å². The highest BCUT2D eigenvalue weighted by atomic mass is 32.2. The zero-order valence-corrected chi connectivity index (χ0v) is 18.7. The molecule has 1 heterocycles. The first-order valence-corrected chi connectivity index (χ1v) is 12.1. The average Bonchev–Trinajstić information content (AvgIpc) is 2.86. The molecule has 7 heteroatoms. The molecule has 0 fully saturated rings. The number of carbonyl (C=O) groups is 1. The number of nitrogens with one attached hydrogen (secondary N) is 1. The molecular formula is C26H23N3O3S. The van der Waals surface area contributed by atoms with Gasteiger partial charge in [0.25, 0.3) is 5.91 Å². The number of nitrogens with zero attached hydrogens (tertiary/aromatic N) is 2. The molecule has 4 rings (SSSR count). The molecule has 1 N–H and O–H groups in total. The Kier molecular flexibility index (Phi) is 6.90. The maximum atomic E-state index is 13.1. The lowest BCUT2D eigenvalue weighted by Crippen LogP contribution is -2.34. The van der Waals surface area contributed by atoms with Crippen LogP contribution in [0.2, 0.25) is 0 Å². The third-order valence-corrected chi connectivity index (χ3v) is 6.65. The van der Waals surface area contributed by atoms with E-state index in [1.807, 2.05) is 30.3 Å². The van der Waals surface area contributed by atoms with Crippen molar-refractivity contribution < 1.29 is 13.2 Å². The molecular weight excluding hydrogens is 434 g/mol. The van der Waals surface area contributed by atoms with Crippen LogP contribution in [0.5, 0.6) is 0 Å². The lowest BCUT2D eigenvalue weighted by atomic mass is 10.0. The van der Waals surface area contributed by atoms with E-state index in [0.29, 0.717) is 29.4 Å². The third kappa shape index (κ3) is 5.70. The molecule has 0 radical (unpaired) electrons. The monoisotopic (exact) mass is 457 g/mol. The van der Waals surface area contributed by atoms with Gasteiger partial charge in [0.2, 0.25) is 0 Å². The van der Waals surface area contributed by atoms with E-state index >= 15 is 0 Å². The van der Waals surface area contributed by atoms with Crippen molar-refractivity contribution in [1.82, 2.24) is 15.3 Å². The third-order valence-electron chi connectivity index (χ3n) is 5.21. The largest absolute Gasteiger partial charge is 0.346 e. The van der Waals surface area contributed by atoms with E-state index in [1.165, 1.54) is 5.41 Å². The van der Waals surface area contributed by atoms with Crippen LogP contribution in [0.3, 0.4) is 0 Å². The molecule has 3 aromatic carbocycles. The molecule has 166 valence electrons. The summed E-state index contributed by atoms with van der Waals surface area (Å²) in [5.41, 5.74) is 2.62. The molecule has 0 bridgehead atoms. The second-order valence-electron chi connectivity index (χ2n) is 7.52. The summed E-state index contributed by atoms with van der Waals surface area (Å²) >= 11 is 0. The number of hydrogen-bond donors (Lipinski definition) is 1. The van der Waals surface area contributed by atoms with Gasteiger partial charge in [-0.25, -0.2) is 8.42 Å². The van der Waals surface area contributed by atoms with E-state index in [1.54, 1.807) is 67.0 Å². The first-order chi connectivity index (χ1) is 16.0. The first kappa shape index (κ1) is 22.4. The molecule has 4 aromatic rings. The first-order valence-electron chi connectivity index (χ1n) is 10.6. The van der Waals surface area contributed by atoms with Crippen molar-refractivity contribution >= 4 is 26.8 Å². The lowest BCUT2D eigenvalue weighted by molar-refractivity contribution is 0.0944. The van der Waals surface area contributed by atoms with E-state index in [0.717, 1.165) is 5.56 Å². The Hall–Kier alpha value is -3.84. The molecule has 0 aliphatic rings. The number of para-hydroxylation sites is 1. The van der Waals surface area contributed by atoms with Crippen molar-refractivity contribution in [3.05, 3.63) is 114 Å². The number of aromatic nitrogens is 2. The minimum Gasteiger partial charge on any atom is -0.346 e. The van der Waals surface area contributed by atoms with Crippen molar-refractivity contribution in [3.63, 3.8) is 0 Å². The molecule has 0 aliphatic heterocycles. The molecule has 0 spiro atoms. The summed E-state index contributed by atoms with van der Waals surface area (Å²) in [7, 11) is -3.63. The molecule has 0 saturated heterocycles.